The summed E-state index contributed by atoms with van der Waals surface area (Å²) in [6.45, 7) is 6.24. The number of aryl methyl sites for hydroxylation is 2. The second-order valence-electron chi connectivity index (χ2n) is 12.2. The van der Waals surface area contributed by atoms with Crippen molar-refractivity contribution in [1.82, 2.24) is 20.1 Å². The van der Waals surface area contributed by atoms with E-state index in [1.54, 1.807) is 6.20 Å². The van der Waals surface area contributed by atoms with Gasteiger partial charge in [0, 0.05) is 61.8 Å². The van der Waals surface area contributed by atoms with Crippen molar-refractivity contribution in [2.45, 2.75) is 44.4 Å². The van der Waals surface area contributed by atoms with Gasteiger partial charge in [-0.2, -0.15) is 5.10 Å². The minimum Gasteiger partial charge on any atom is -0.456 e. The first-order chi connectivity index (χ1) is 21.5. The average Bonchev–Trinajstić information content (AvgIpc) is 3.76. The Kier molecular flexibility index (Phi) is 9.72. The van der Waals surface area contributed by atoms with Crippen molar-refractivity contribution in [1.29, 1.82) is 0 Å². The van der Waals surface area contributed by atoms with Crippen LogP contribution in [-0.2, 0) is 31.9 Å². The Bertz CT molecular complexity index is 1420. The molecule has 44 heavy (non-hydrogen) atoms. The van der Waals surface area contributed by atoms with E-state index in [1.165, 1.54) is 5.56 Å². The van der Waals surface area contributed by atoms with Crippen LogP contribution in [0.25, 0.3) is 11.3 Å². The standard InChI is InChI=1S/C33H43N7O4/c34-31(41)22-44-32(42)19-27(25-16-26(30-7-10-36-38-30)18-29(17-25)40-12-14-43-15-13-40)21-39-11-8-23(20-39)3-5-28-6-4-24-2-1-9-35-33(24)37-28/h4,6-7,10,16-18,23,27H,1-3,5,8-9,11-15,19-22H2,(H2,34,41)(H,35,37)(H,36,38)/t23-,27?/m1/s1. The van der Waals surface area contributed by atoms with Gasteiger partial charge in [-0.05, 0) is 86.0 Å². The number of primary amides is 1. The van der Waals surface area contributed by atoms with E-state index in [9.17, 15) is 9.59 Å². The van der Waals surface area contributed by atoms with E-state index < -0.39 is 18.5 Å². The van der Waals surface area contributed by atoms with Crippen molar-refractivity contribution in [2.75, 3.05) is 69.3 Å². The third-order valence-electron chi connectivity index (χ3n) is 9.00. The van der Waals surface area contributed by atoms with Gasteiger partial charge in [0.15, 0.2) is 6.61 Å². The molecule has 0 saturated carbocycles. The van der Waals surface area contributed by atoms with E-state index in [-0.39, 0.29) is 12.3 Å². The Hall–Kier alpha value is -3.96. The quantitative estimate of drug-likeness (QED) is 0.267. The number of nitrogens with zero attached hydrogens (tertiary/aromatic N) is 4. The summed E-state index contributed by atoms with van der Waals surface area (Å²) in [5, 5.41) is 10.7. The maximum Gasteiger partial charge on any atom is 0.306 e. The molecule has 5 heterocycles. The van der Waals surface area contributed by atoms with Crippen LogP contribution in [0.1, 0.15) is 48.4 Å². The number of morpholine rings is 1. The van der Waals surface area contributed by atoms with Crippen LogP contribution < -0.4 is 16.0 Å². The number of fused-ring (bicyclic) bond motifs is 1. The predicted octanol–water partition coefficient (Wildman–Crippen LogP) is 3.12. The molecule has 3 aliphatic rings. The van der Waals surface area contributed by atoms with Crippen LogP contribution in [0.3, 0.4) is 0 Å². The number of anilines is 2. The maximum absolute atomic E-state index is 12.9. The first-order valence-electron chi connectivity index (χ1n) is 15.9. The second-order valence-corrected chi connectivity index (χ2v) is 12.2. The van der Waals surface area contributed by atoms with Crippen molar-refractivity contribution in [3.05, 3.63) is 59.4 Å². The summed E-state index contributed by atoms with van der Waals surface area (Å²) in [5.74, 6) is 0.434. The molecule has 0 bridgehead atoms. The van der Waals surface area contributed by atoms with Gasteiger partial charge in [0.25, 0.3) is 5.91 Å². The third kappa shape index (κ3) is 7.75. The normalized spacial score (nSPS) is 19.3. The number of rotatable bonds is 12. The van der Waals surface area contributed by atoms with Crippen molar-refractivity contribution < 1.29 is 19.1 Å². The van der Waals surface area contributed by atoms with Crippen LogP contribution in [0.4, 0.5) is 11.5 Å². The van der Waals surface area contributed by atoms with Crippen molar-refractivity contribution in [3.63, 3.8) is 0 Å². The Morgan fingerprint density at radius 3 is 2.84 bits per heavy atom. The highest BCUT2D eigenvalue weighted by Crippen LogP contribution is 2.33. The van der Waals surface area contributed by atoms with Crippen LogP contribution in [-0.4, -0.2) is 91.0 Å². The number of hydrogen-bond donors (Lipinski definition) is 3. The molecule has 4 N–H and O–H groups in total. The van der Waals surface area contributed by atoms with E-state index in [1.807, 2.05) is 6.07 Å². The van der Waals surface area contributed by atoms with Gasteiger partial charge in [0.1, 0.15) is 5.82 Å². The van der Waals surface area contributed by atoms with Gasteiger partial charge in [0.2, 0.25) is 0 Å². The van der Waals surface area contributed by atoms with Crippen molar-refractivity contribution in [2.24, 2.45) is 11.7 Å². The Labute approximate surface area is 258 Å². The second kappa shape index (κ2) is 14.2. The molecule has 1 unspecified atom stereocenters. The molecule has 0 spiro atoms. The largest absolute Gasteiger partial charge is 0.456 e. The number of nitrogens with one attached hydrogen (secondary N) is 2. The zero-order chi connectivity index (χ0) is 30.3. The smallest absolute Gasteiger partial charge is 0.306 e. The summed E-state index contributed by atoms with van der Waals surface area (Å²) in [4.78, 5) is 33.9. The Balaban J connectivity index is 1.17. The van der Waals surface area contributed by atoms with Gasteiger partial charge in [-0.25, -0.2) is 4.98 Å². The number of carbonyl (C=O) groups is 2. The monoisotopic (exact) mass is 601 g/mol. The Morgan fingerprint density at radius 2 is 2.02 bits per heavy atom. The van der Waals surface area contributed by atoms with Crippen LogP contribution >= 0.6 is 0 Å². The number of nitrogens with two attached hydrogens (primary N) is 1. The first kappa shape index (κ1) is 30.1. The minimum absolute atomic E-state index is 0.120. The van der Waals surface area contributed by atoms with E-state index >= 15 is 0 Å². The predicted molar refractivity (Wildman–Crippen MR) is 168 cm³/mol. The lowest BCUT2D eigenvalue weighted by Crippen LogP contribution is -2.36. The lowest BCUT2D eigenvalue weighted by molar-refractivity contribution is -0.148. The van der Waals surface area contributed by atoms with E-state index in [4.69, 9.17) is 20.2 Å². The highest BCUT2D eigenvalue weighted by molar-refractivity contribution is 5.79. The fraction of sp³-hybridized carbons (Fsp3) is 0.515. The van der Waals surface area contributed by atoms with Crippen molar-refractivity contribution >= 4 is 23.4 Å². The van der Waals surface area contributed by atoms with E-state index in [0.717, 1.165) is 105 Å². The van der Waals surface area contributed by atoms with Gasteiger partial charge in [-0.3, -0.25) is 14.7 Å². The molecule has 11 heteroatoms. The summed E-state index contributed by atoms with van der Waals surface area (Å²) in [5.41, 5.74) is 11.8. The number of pyridine rings is 1. The summed E-state index contributed by atoms with van der Waals surface area (Å²) < 4.78 is 10.8. The van der Waals surface area contributed by atoms with Gasteiger partial charge in [-0.15, -0.1) is 0 Å². The lowest BCUT2D eigenvalue weighted by Gasteiger charge is -2.31. The molecule has 6 rings (SSSR count). The van der Waals surface area contributed by atoms with Crippen LogP contribution in [0.2, 0.25) is 0 Å². The average molecular weight is 602 g/mol. The first-order valence-corrected chi connectivity index (χ1v) is 15.9. The number of amides is 1. The number of carbonyl (C=O) groups excluding carboxylic acids is 2. The zero-order valence-corrected chi connectivity index (χ0v) is 25.3. The molecule has 3 aliphatic heterocycles. The molecule has 0 radical (unpaired) electrons. The number of aromatic amines is 1. The fourth-order valence-electron chi connectivity index (χ4n) is 6.63. The fourth-order valence-corrected chi connectivity index (χ4v) is 6.63. The number of hydrogen-bond acceptors (Lipinski definition) is 9. The molecule has 2 atom stereocenters. The molecule has 2 saturated heterocycles. The molecule has 1 aromatic carbocycles. The number of H-pyrrole nitrogens is 1. The summed E-state index contributed by atoms with van der Waals surface area (Å²) >= 11 is 0. The third-order valence-corrected chi connectivity index (χ3v) is 9.00. The molecular weight excluding hydrogens is 558 g/mol. The maximum atomic E-state index is 12.9. The molecule has 234 valence electrons. The number of ether oxygens (including phenoxy) is 2. The van der Waals surface area contributed by atoms with Crippen molar-refractivity contribution in [3.8, 4) is 11.3 Å². The van der Waals surface area contributed by atoms with Gasteiger partial charge in [0.05, 0.1) is 25.3 Å². The van der Waals surface area contributed by atoms with Crippen LogP contribution in [0.5, 0.6) is 0 Å². The number of benzene rings is 1. The topological polar surface area (TPSA) is 139 Å². The molecule has 2 fully saturated rings. The summed E-state index contributed by atoms with van der Waals surface area (Å²) in [7, 11) is 0. The van der Waals surface area contributed by atoms with Crippen LogP contribution in [0, 0.1) is 5.92 Å². The van der Waals surface area contributed by atoms with Crippen LogP contribution in [0.15, 0.2) is 42.6 Å². The number of aromatic nitrogens is 3. The Morgan fingerprint density at radius 1 is 1.14 bits per heavy atom. The van der Waals surface area contributed by atoms with Gasteiger partial charge in [-0.1, -0.05) is 6.07 Å². The molecule has 0 aliphatic carbocycles. The lowest BCUT2D eigenvalue weighted by atomic mass is 9.92. The molecular formula is C33H43N7O4. The van der Waals surface area contributed by atoms with E-state index in [0.29, 0.717) is 19.1 Å². The number of likely N-dealkylation sites (tertiary alicyclic amines) is 1. The molecule has 11 nitrogen and oxygen atoms in total. The summed E-state index contributed by atoms with van der Waals surface area (Å²) in [6.07, 6.45) is 7.34. The minimum atomic E-state index is -0.655. The van der Waals surface area contributed by atoms with Gasteiger partial charge >= 0.3 is 5.97 Å². The molecule has 1 amide bonds. The SMILES string of the molecule is NC(=O)COC(=O)CC(CN1CC[C@@H](CCc2ccc3c(n2)NCCC3)C1)c1cc(-c2ccn[nH]2)cc(N2CCOCC2)c1. The molecule has 2 aromatic heterocycles. The zero-order valence-electron chi connectivity index (χ0n) is 25.3. The van der Waals surface area contributed by atoms with Gasteiger partial charge < -0.3 is 30.3 Å². The number of esters is 1. The highest BCUT2D eigenvalue weighted by Gasteiger charge is 2.28. The van der Waals surface area contributed by atoms with E-state index in [2.05, 4.69) is 55.6 Å². The summed E-state index contributed by atoms with van der Waals surface area (Å²) in [6, 6.07) is 12.9. The molecule has 3 aromatic rings. The highest BCUT2D eigenvalue weighted by atomic mass is 16.5.